The molecule has 0 saturated carbocycles. The molecule has 1 saturated heterocycles. The van der Waals surface area contributed by atoms with Crippen molar-refractivity contribution in [2.75, 3.05) is 26.4 Å². The molecule has 1 heterocycles. The molecule has 5 nitrogen and oxygen atoms in total. The minimum atomic E-state index is -2.30. The minimum absolute atomic E-state index is 0.256. The molecule has 20 heteroatoms. The molecule has 1 aliphatic heterocycles. The quantitative estimate of drug-likeness (QED) is 0.183. The molecule has 0 aliphatic carbocycles. The molecular weight excluding hydrogens is 761 g/mol. The van der Waals surface area contributed by atoms with Gasteiger partial charge in [-0.15, -0.1) is 0 Å². The van der Waals surface area contributed by atoms with Crippen LogP contribution in [0.5, 0.6) is 0 Å². The highest BCUT2D eigenvalue weighted by Crippen LogP contribution is 2.32. The van der Waals surface area contributed by atoms with Crippen LogP contribution in [0.4, 0.5) is 0 Å². The summed E-state index contributed by atoms with van der Waals surface area (Å²) in [6.07, 6.45) is 2.10. The van der Waals surface area contributed by atoms with Crippen molar-refractivity contribution >= 4 is 141 Å². The van der Waals surface area contributed by atoms with E-state index in [2.05, 4.69) is 111 Å². The number of hydrogen-bond acceptors (Lipinski definition) is 9. The van der Waals surface area contributed by atoms with Crippen LogP contribution in [-0.4, -0.2) is 60.2 Å². The van der Waals surface area contributed by atoms with Crippen LogP contribution in [0, 0.1) is 5.41 Å². The molecule has 0 aromatic carbocycles. The van der Waals surface area contributed by atoms with Gasteiger partial charge in [0, 0.05) is 119 Å². The van der Waals surface area contributed by atoms with E-state index in [-0.39, 0.29) is 5.41 Å². The second kappa shape index (κ2) is 22.6. The van der Waals surface area contributed by atoms with Crippen molar-refractivity contribution < 1.29 is 21.8 Å². The SMILES string of the molecule is CCC1(COCCC[Si](C)(O[Si](C)(C)C)O[Si](C)(C)O[Si](C)(C)C)COC1.S=S=S=S=S.S=S=S=S=S=S. The van der Waals surface area contributed by atoms with Crippen molar-refractivity contribution in [2.24, 2.45) is 5.41 Å². The normalized spacial score (nSPS) is 16.1. The van der Waals surface area contributed by atoms with Crippen LogP contribution in [0.25, 0.3) is 0 Å². The Morgan fingerprint density at radius 3 is 1.50 bits per heavy atom. The average molecular weight is 806 g/mol. The van der Waals surface area contributed by atoms with Gasteiger partial charge in [-0.1, -0.05) is 6.92 Å². The van der Waals surface area contributed by atoms with Gasteiger partial charge in [-0.3, -0.25) is 0 Å². The fraction of sp³-hybridized carbons (Fsp3) is 1.00. The number of ether oxygens (including phenoxy) is 2. The van der Waals surface area contributed by atoms with Gasteiger partial charge in [0.1, 0.15) is 0 Å². The van der Waals surface area contributed by atoms with Crippen molar-refractivity contribution in [1.29, 1.82) is 0 Å². The summed E-state index contributed by atoms with van der Waals surface area (Å²) in [4.78, 5) is 0. The lowest BCUT2D eigenvalue weighted by molar-refractivity contribution is -0.150. The summed E-state index contributed by atoms with van der Waals surface area (Å²) in [7, 11) is 1.73. The molecule has 0 radical (unpaired) electrons. The fourth-order valence-corrected chi connectivity index (χ4v) is 29.8. The van der Waals surface area contributed by atoms with Crippen LogP contribution >= 0.6 is 0 Å². The van der Waals surface area contributed by atoms with Crippen LogP contribution in [0.2, 0.25) is 65.0 Å². The van der Waals surface area contributed by atoms with E-state index in [4.69, 9.17) is 21.8 Å². The highest BCUT2D eigenvalue weighted by molar-refractivity contribution is 8.64. The Morgan fingerprint density at radius 1 is 0.711 bits per heavy atom. The molecule has 38 heavy (non-hydrogen) atoms. The predicted molar refractivity (Wildman–Crippen MR) is 204 cm³/mol. The Balaban J connectivity index is 0. The maximum absolute atomic E-state index is 6.71. The van der Waals surface area contributed by atoms with Crippen LogP contribution in [0.15, 0.2) is 0 Å². The van der Waals surface area contributed by atoms with Gasteiger partial charge in [0.05, 0.1) is 19.8 Å². The summed E-state index contributed by atoms with van der Waals surface area (Å²) in [5.41, 5.74) is 0.256. The van der Waals surface area contributed by atoms with Crippen LogP contribution in [0.3, 0.4) is 0 Å². The van der Waals surface area contributed by atoms with E-state index >= 15 is 0 Å². The predicted octanol–water partition coefficient (Wildman–Crippen LogP) is 5.29. The first-order valence-electron chi connectivity index (χ1n) is 11.9. The average Bonchev–Trinajstić information content (AvgIpc) is 2.71. The molecule has 228 valence electrons. The molecule has 0 amide bonds. The van der Waals surface area contributed by atoms with E-state index in [1.165, 1.54) is 62.2 Å². The standard InChI is InChI=1S/C18H44O5Si4.S6.S5/c1-11-18(16-20-17-18)15-19-13-12-14-27(10,22-25(5,6)7)23-26(8,9)21-24(2,3)4;1-3-5-6-4-2;1-3-5-4-2/h11-17H2,1-10H3;;. The Morgan fingerprint density at radius 2 is 1.18 bits per heavy atom. The van der Waals surface area contributed by atoms with Crippen LogP contribution in [-0.2, 0) is 129 Å². The Hall–Kier alpha value is 3.09. The smallest absolute Gasteiger partial charge is 0.315 e. The van der Waals surface area contributed by atoms with Gasteiger partial charge in [-0.2, -0.15) is 0 Å². The first kappa shape index (κ1) is 43.2. The van der Waals surface area contributed by atoms with Gasteiger partial charge in [-0.25, -0.2) is 0 Å². The zero-order valence-electron chi connectivity index (χ0n) is 24.0. The third kappa shape index (κ3) is 25.6. The number of rotatable bonds is 13. The maximum Gasteiger partial charge on any atom is 0.315 e. The van der Waals surface area contributed by atoms with Crippen LogP contribution in [0.1, 0.15) is 19.8 Å². The van der Waals surface area contributed by atoms with E-state index in [1.54, 1.807) is 0 Å². The van der Waals surface area contributed by atoms with Gasteiger partial charge in [0.25, 0.3) is 0 Å². The Bertz CT molecular complexity index is 940. The van der Waals surface area contributed by atoms with E-state index in [1.807, 2.05) is 0 Å². The van der Waals surface area contributed by atoms with Gasteiger partial charge < -0.3 is 21.8 Å². The minimum Gasteiger partial charge on any atom is -0.437 e. The lowest BCUT2D eigenvalue weighted by Gasteiger charge is -2.41. The zero-order chi connectivity index (χ0) is 29.9. The lowest BCUT2D eigenvalue weighted by atomic mass is 9.84. The monoisotopic (exact) mass is 804 g/mol. The summed E-state index contributed by atoms with van der Waals surface area (Å²) in [6.45, 7) is 25.4. The van der Waals surface area contributed by atoms with Crippen molar-refractivity contribution in [1.82, 2.24) is 0 Å². The van der Waals surface area contributed by atoms with Gasteiger partial charge in [-0.05, 0) is 77.8 Å². The van der Waals surface area contributed by atoms with E-state index in [0.29, 0.717) is 0 Å². The summed E-state index contributed by atoms with van der Waals surface area (Å²) >= 11 is 17.9. The Labute approximate surface area is 275 Å². The third-order valence-corrected chi connectivity index (χ3v) is 29.2. The van der Waals surface area contributed by atoms with E-state index in [9.17, 15) is 0 Å². The van der Waals surface area contributed by atoms with E-state index in [0.717, 1.165) is 45.3 Å². The first-order chi connectivity index (χ1) is 17.4. The molecular formula is C18H44O5S11Si4. The molecule has 0 aromatic heterocycles. The van der Waals surface area contributed by atoms with Gasteiger partial charge >= 0.3 is 17.1 Å². The van der Waals surface area contributed by atoms with Gasteiger partial charge in [0.15, 0.2) is 16.6 Å². The molecule has 0 bridgehead atoms. The summed E-state index contributed by atoms with van der Waals surface area (Å²) in [6, 6.07) is 0.957. The summed E-state index contributed by atoms with van der Waals surface area (Å²) in [5, 5.41) is 0. The van der Waals surface area contributed by atoms with E-state index < -0.39 is 33.8 Å². The van der Waals surface area contributed by atoms with Crippen molar-refractivity contribution in [3.8, 4) is 0 Å². The topological polar surface area (TPSA) is 46.2 Å². The second-order valence-corrected chi connectivity index (χ2v) is 39.9. The molecule has 0 aromatic rings. The lowest BCUT2D eigenvalue weighted by Crippen LogP contribution is -2.56. The molecule has 1 fully saturated rings. The van der Waals surface area contributed by atoms with Crippen molar-refractivity contribution in [2.45, 2.75) is 84.7 Å². The molecule has 0 spiro atoms. The zero-order valence-corrected chi connectivity index (χ0v) is 37.0. The molecule has 1 atom stereocenters. The largest absolute Gasteiger partial charge is 0.437 e. The fourth-order valence-electron chi connectivity index (χ4n) is 3.65. The molecule has 1 aliphatic rings. The first-order valence-corrected chi connectivity index (χ1v) is 36.0. The number of hydrogen-bond donors (Lipinski definition) is 0. The highest BCUT2D eigenvalue weighted by Gasteiger charge is 2.44. The maximum atomic E-state index is 6.71. The second-order valence-electron chi connectivity index (χ2n) is 11.0. The summed E-state index contributed by atoms with van der Waals surface area (Å²) in [5.74, 6) is 0. The Kier molecular flexibility index (Phi) is 25.7. The molecule has 1 rings (SSSR count). The third-order valence-electron chi connectivity index (χ3n) is 4.57. The summed E-state index contributed by atoms with van der Waals surface area (Å²) < 4.78 is 31.1. The molecule has 1 unspecified atom stereocenters. The van der Waals surface area contributed by atoms with Gasteiger partial charge in [0.2, 0.25) is 0 Å². The van der Waals surface area contributed by atoms with Crippen LogP contribution < -0.4 is 0 Å². The molecule has 0 N–H and O–H groups in total. The highest BCUT2D eigenvalue weighted by atomic mass is 33.3. The van der Waals surface area contributed by atoms with Crippen molar-refractivity contribution in [3.05, 3.63) is 0 Å². The van der Waals surface area contributed by atoms with Crippen molar-refractivity contribution in [3.63, 3.8) is 0 Å².